The van der Waals surface area contributed by atoms with Crippen LogP contribution >= 0.6 is 0 Å². The summed E-state index contributed by atoms with van der Waals surface area (Å²) in [5, 5.41) is 7.24. The minimum absolute atomic E-state index is 0.222. The summed E-state index contributed by atoms with van der Waals surface area (Å²) in [4.78, 5) is 35.4. The number of nitrogens with one attached hydrogen (secondary N) is 1. The number of para-hydroxylation sites is 1. The molecule has 3 heterocycles. The largest absolute Gasteiger partial charge is 0.340 e. The Hall–Kier alpha value is -4.24. The van der Waals surface area contributed by atoms with Gasteiger partial charge >= 0.3 is 0 Å². The molecule has 2 aliphatic rings. The van der Waals surface area contributed by atoms with Crippen molar-refractivity contribution in [2.75, 3.05) is 31.5 Å². The molecule has 0 radical (unpaired) electrons. The summed E-state index contributed by atoms with van der Waals surface area (Å²) in [7, 11) is 1.87. The van der Waals surface area contributed by atoms with Gasteiger partial charge in [-0.25, -0.2) is 4.98 Å². The average Bonchev–Trinajstić information content (AvgIpc) is 3.63. The molecule has 2 aromatic heterocycles. The molecule has 1 saturated carbocycles. The van der Waals surface area contributed by atoms with Crippen molar-refractivity contribution < 1.29 is 9.59 Å². The highest BCUT2D eigenvalue weighted by molar-refractivity contribution is 6.04. The molecule has 9 heteroatoms. The van der Waals surface area contributed by atoms with Crippen molar-refractivity contribution in [2.45, 2.75) is 38.1 Å². The van der Waals surface area contributed by atoms with Gasteiger partial charge in [-0.2, -0.15) is 5.10 Å². The zero-order valence-corrected chi connectivity index (χ0v) is 22.9. The molecule has 1 aliphatic carbocycles. The zero-order chi connectivity index (χ0) is 27.5. The standard InChI is InChI=1S/C31H35N7O2/c1-35-21-25(20-32-35)23-7-5-8-24(19-23)30(40)34-31-33-26(22-38(31)28-10-3-2-4-11-28)9-6-12-29(39)37-17-15-36(16-18-37)27-13-14-27/h2-5,7-8,10-11,19-22,27H,6,9,12-18H2,1H3,(H,33,34,40). The molecule has 0 atom stereocenters. The van der Waals surface area contributed by atoms with E-state index in [1.165, 1.54) is 12.8 Å². The number of aryl methyl sites for hydroxylation is 2. The summed E-state index contributed by atoms with van der Waals surface area (Å²) < 4.78 is 3.64. The fourth-order valence-corrected chi connectivity index (χ4v) is 5.36. The summed E-state index contributed by atoms with van der Waals surface area (Å²) in [6, 6.07) is 18.1. The van der Waals surface area contributed by atoms with E-state index in [2.05, 4.69) is 15.3 Å². The molecule has 6 rings (SSSR count). The first-order valence-corrected chi connectivity index (χ1v) is 14.1. The highest BCUT2D eigenvalue weighted by atomic mass is 16.2. The van der Waals surface area contributed by atoms with Gasteiger partial charge in [0, 0.05) is 74.9 Å². The molecule has 9 nitrogen and oxygen atoms in total. The van der Waals surface area contributed by atoms with E-state index in [0.717, 1.165) is 54.7 Å². The lowest BCUT2D eigenvalue weighted by molar-refractivity contribution is -0.133. The maximum Gasteiger partial charge on any atom is 0.258 e. The van der Waals surface area contributed by atoms with Gasteiger partial charge in [0.15, 0.2) is 0 Å². The van der Waals surface area contributed by atoms with Crippen LogP contribution in [0.25, 0.3) is 16.8 Å². The van der Waals surface area contributed by atoms with Crippen LogP contribution in [-0.4, -0.2) is 73.2 Å². The van der Waals surface area contributed by atoms with Crippen molar-refractivity contribution in [3.8, 4) is 16.8 Å². The third-order valence-corrected chi connectivity index (χ3v) is 7.73. The Kier molecular flexibility index (Phi) is 7.46. The molecule has 0 bridgehead atoms. The number of nitrogens with zero attached hydrogens (tertiary/aromatic N) is 6. The van der Waals surface area contributed by atoms with Crippen LogP contribution in [0.1, 0.15) is 41.7 Å². The van der Waals surface area contributed by atoms with Gasteiger partial charge in [0.05, 0.1) is 11.9 Å². The molecule has 0 unspecified atom stereocenters. The van der Waals surface area contributed by atoms with Crippen LogP contribution in [0.5, 0.6) is 0 Å². The first kappa shape index (κ1) is 26.0. The maximum atomic E-state index is 13.3. The number of rotatable bonds is 9. The molecule has 0 spiro atoms. The van der Waals surface area contributed by atoms with E-state index in [0.29, 0.717) is 30.8 Å². The van der Waals surface area contributed by atoms with E-state index in [-0.39, 0.29) is 11.8 Å². The van der Waals surface area contributed by atoms with Crippen molar-refractivity contribution in [3.05, 3.63) is 84.4 Å². The fourth-order valence-electron chi connectivity index (χ4n) is 5.36. The van der Waals surface area contributed by atoms with E-state index < -0.39 is 0 Å². The summed E-state index contributed by atoms with van der Waals surface area (Å²) in [6.45, 7) is 3.64. The van der Waals surface area contributed by atoms with Crippen LogP contribution in [0.4, 0.5) is 5.95 Å². The van der Waals surface area contributed by atoms with Crippen molar-refractivity contribution in [1.82, 2.24) is 29.1 Å². The summed E-state index contributed by atoms with van der Waals surface area (Å²) in [5.74, 6) is 0.445. The Morgan fingerprint density at radius 1 is 0.950 bits per heavy atom. The minimum atomic E-state index is -0.236. The second-order valence-corrected chi connectivity index (χ2v) is 10.7. The second kappa shape index (κ2) is 11.5. The lowest BCUT2D eigenvalue weighted by Gasteiger charge is -2.34. The van der Waals surface area contributed by atoms with Gasteiger partial charge in [0.2, 0.25) is 11.9 Å². The first-order valence-electron chi connectivity index (χ1n) is 14.1. The summed E-state index contributed by atoms with van der Waals surface area (Å²) >= 11 is 0. The number of hydrogen-bond donors (Lipinski definition) is 1. The predicted molar refractivity (Wildman–Crippen MR) is 154 cm³/mol. The Balaban J connectivity index is 1.12. The van der Waals surface area contributed by atoms with Gasteiger partial charge in [-0.15, -0.1) is 0 Å². The quantitative estimate of drug-likeness (QED) is 0.347. The minimum Gasteiger partial charge on any atom is -0.340 e. The summed E-state index contributed by atoms with van der Waals surface area (Å²) in [6.07, 6.45) is 10.2. The monoisotopic (exact) mass is 537 g/mol. The number of imidazole rings is 1. The highest BCUT2D eigenvalue weighted by Crippen LogP contribution is 2.27. The number of aromatic nitrogens is 4. The molecule has 2 amide bonds. The number of benzene rings is 2. The van der Waals surface area contributed by atoms with Crippen molar-refractivity contribution >= 4 is 17.8 Å². The first-order chi connectivity index (χ1) is 19.5. The van der Waals surface area contributed by atoms with Gasteiger partial charge in [-0.05, 0) is 55.5 Å². The smallest absolute Gasteiger partial charge is 0.258 e. The van der Waals surface area contributed by atoms with Crippen LogP contribution in [0, 0.1) is 0 Å². The van der Waals surface area contributed by atoms with E-state index >= 15 is 0 Å². The van der Waals surface area contributed by atoms with Gasteiger partial charge < -0.3 is 4.90 Å². The number of carbonyl (C=O) groups excluding carboxylic acids is 2. The number of amides is 2. The highest BCUT2D eigenvalue weighted by Gasteiger charge is 2.32. The normalized spacial score (nSPS) is 15.8. The lowest BCUT2D eigenvalue weighted by atomic mass is 10.1. The average molecular weight is 538 g/mol. The van der Waals surface area contributed by atoms with Gasteiger partial charge in [-0.1, -0.05) is 30.3 Å². The molecule has 206 valence electrons. The Bertz CT molecular complexity index is 1480. The molecule has 2 aromatic carbocycles. The van der Waals surface area contributed by atoms with Crippen molar-refractivity contribution in [1.29, 1.82) is 0 Å². The van der Waals surface area contributed by atoms with Crippen LogP contribution in [0.15, 0.2) is 73.2 Å². The predicted octanol–water partition coefficient (Wildman–Crippen LogP) is 4.15. The molecule has 4 aromatic rings. The third kappa shape index (κ3) is 5.99. The van der Waals surface area contributed by atoms with Crippen LogP contribution in [0.3, 0.4) is 0 Å². The molecular formula is C31H35N7O2. The van der Waals surface area contributed by atoms with Crippen LogP contribution in [-0.2, 0) is 18.3 Å². The molecule has 1 aliphatic heterocycles. The third-order valence-electron chi connectivity index (χ3n) is 7.73. The van der Waals surface area contributed by atoms with Crippen molar-refractivity contribution in [3.63, 3.8) is 0 Å². The van der Waals surface area contributed by atoms with Gasteiger partial charge in [-0.3, -0.25) is 29.1 Å². The van der Waals surface area contributed by atoms with E-state index in [1.807, 2.05) is 77.4 Å². The molecule has 2 fully saturated rings. The number of piperazine rings is 1. The lowest BCUT2D eigenvalue weighted by Crippen LogP contribution is -2.49. The van der Waals surface area contributed by atoms with Crippen molar-refractivity contribution in [2.24, 2.45) is 7.05 Å². The van der Waals surface area contributed by atoms with E-state index in [1.54, 1.807) is 16.9 Å². The van der Waals surface area contributed by atoms with Crippen LogP contribution < -0.4 is 5.32 Å². The van der Waals surface area contributed by atoms with Gasteiger partial charge in [0.25, 0.3) is 5.91 Å². The number of hydrogen-bond acceptors (Lipinski definition) is 5. The molecule has 1 N–H and O–H groups in total. The molecular weight excluding hydrogens is 502 g/mol. The topological polar surface area (TPSA) is 88.3 Å². The Morgan fingerprint density at radius 3 is 2.48 bits per heavy atom. The van der Waals surface area contributed by atoms with E-state index in [9.17, 15) is 9.59 Å². The van der Waals surface area contributed by atoms with Crippen LogP contribution in [0.2, 0.25) is 0 Å². The molecule has 1 saturated heterocycles. The summed E-state index contributed by atoms with van der Waals surface area (Å²) in [5.41, 5.74) is 4.16. The fraction of sp³-hybridized carbons (Fsp3) is 0.355. The number of anilines is 1. The second-order valence-electron chi connectivity index (χ2n) is 10.7. The number of carbonyl (C=O) groups is 2. The maximum absolute atomic E-state index is 13.3. The zero-order valence-electron chi connectivity index (χ0n) is 22.9. The SMILES string of the molecule is Cn1cc(-c2cccc(C(=O)Nc3nc(CCCC(=O)N4CCN(C5CC5)CC4)cn3-c3ccccc3)c2)cn1. The Morgan fingerprint density at radius 2 is 1.75 bits per heavy atom. The van der Waals surface area contributed by atoms with E-state index in [4.69, 9.17) is 4.98 Å². The Labute approximate surface area is 234 Å². The molecule has 40 heavy (non-hydrogen) atoms. The van der Waals surface area contributed by atoms with Gasteiger partial charge in [0.1, 0.15) is 0 Å².